The fraction of sp³-hybridized carbons (Fsp3) is 0.300. The molecule has 0 aliphatic rings. The van der Waals surface area contributed by atoms with E-state index in [1.165, 1.54) is 0 Å². The van der Waals surface area contributed by atoms with Crippen LogP contribution in [0.3, 0.4) is 0 Å². The van der Waals surface area contributed by atoms with E-state index in [1.807, 2.05) is 39.0 Å². The zero-order chi connectivity index (χ0) is 19.4. The largest absolute Gasteiger partial charge is 0.339 e. The highest BCUT2D eigenvalue weighted by molar-refractivity contribution is 6.30. The van der Waals surface area contributed by atoms with Crippen molar-refractivity contribution in [2.75, 3.05) is 5.32 Å². The van der Waals surface area contributed by atoms with Crippen LogP contribution in [-0.2, 0) is 11.2 Å². The first kappa shape index (κ1) is 19.0. The Morgan fingerprint density at radius 3 is 2.59 bits per heavy atom. The van der Waals surface area contributed by atoms with E-state index in [0.717, 1.165) is 28.2 Å². The summed E-state index contributed by atoms with van der Waals surface area (Å²) in [4.78, 5) is 21.0. The number of rotatable bonds is 6. The van der Waals surface area contributed by atoms with Crippen molar-refractivity contribution in [1.82, 2.24) is 15.1 Å². The molecule has 0 aliphatic carbocycles. The van der Waals surface area contributed by atoms with Gasteiger partial charge in [-0.25, -0.2) is 0 Å². The summed E-state index contributed by atoms with van der Waals surface area (Å²) in [5.74, 6) is 0.976. The summed E-state index contributed by atoms with van der Waals surface area (Å²) in [7, 11) is 0. The van der Waals surface area contributed by atoms with Crippen LogP contribution in [0.2, 0.25) is 5.02 Å². The van der Waals surface area contributed by atoms with Gasteiger partial charge >= 0.3 is 0 Å². The number of carbonyl (C=O) groups excluding carboxylic acids is 1. The predicted molar refractivity (Wildman–Crippen MR) is 105 cm³/mol. The van der Waals surface area contributed by atoms with Gasteiger partial charge in [-0.15, -0.1) is 0 Å². The molecular weight excluding hydrogens is 364 g/mol. The zero-order valence-electron chi connectivity index (χ0n) is 15.5. The molecule has 3 rings (SSSR count). The van der Waals surface area contributed by atoms with E-state index in [-0.39, 0.29) is 5.91 Å². The quantitative estimate of drug-likeness (QED) is 0.667. The highest BCUT2D eigenvalue weighted by atomic mass is 35.5. The van der Waals surface area contributed by atoms with Gasteiger partial charge in [0.2, 0.25) is 17.6 Å². The summed E-state index contributed by atoms with van der Waals surface area (Å²) in [5.41, 5.74) is 4.40. The first-order valence-corrected chi connectivity index (χ1v) is 9.13. The molecule has 7 heteroatoms. The van der Waals surface area contributed by atoms with E-state index < -0.39 is 0 Å². The van der Waals surface area contributed by atoms with Gasteiger partial charge in [-0.2, -0.15) is 4.98 Å². The first-order chi connectivity index (χ1) is 12.9. The van der Waals surface area contributed by atoms with Gasteiger partial charge in [0, 0.05) is 29.1 Å². The molecule has 6 nitrogen and oxygen atoms in total. The molecule has 2 aromatic heterocycles. The fourth-order valence-electron chi connectivity index (χ4n) is 2.89. The third-order valence-corrected chi connectivity index (χ3v) is 4.41. The Balaban J connectivity index is 1.53. The Labute approximate surface area is 163 Å². The summed E-state index contributed by atoms with van der Waals surface area (Å²) in [5, 5.41) is 7.58. The average molecular weight is 385 g/mol. The molecule has 1 N–H and O–H groups in total. The molecule has 0 fully saturated rings. The van der Waals surface area contributed by atoms with E-state index in [1.54, 1.807) is 12.1 Å². The Hall–Kier alpha value is -2.73. The van der Waals surface area contributed by atoms with Crippen LogP contribution in [0.15, 0.2) is 34.9 Å². The predicted octanol–water partition coefficient (Wildman–Crippen LogP) is 4.67. The average Bonchev–Trinajstić information content (AvgIpc) is 3.07. The van der Waals surface area contributed by atoms with E-state index in [2.05, 4.69) is 20.4 Å². The number of pyridine rings is 1. The molecule has 1 amide bonds. The molecule has 3 aromatic rings. The highest BCUT2D eigenvalue weighted by Gasteiger charge is 2.12. The van der Waals surface area contributed by atoms with Gasteiger partial charge < -0.3 is 9.84 Å². The Bertz CT molecular complexity index is 928. The summed E-state index contributed by atoms with van der Waals surface area (Å²) in [6.45, 7) is 5.80. The monoisotopic (exact) mass is 384 g/mol. The summed E-state index contributed by atoms with van der Waals surface area (Å²) < 4.78 is 5.26. The Morgan fingerprint density at radius 1 is 1.15 bits per heavy atom. The number of aromatic nitrogens is 3. The number of carbonyl (C=O) groups is 1. The number of nitrogens with one attached hydrogen (secondary N) is 1. The standard InChI is InChI=1S/C20H21ClN4O2/c1-12-11-13(2)22-14(3)19(12)23-17(26)5-4-6-18-24-20(25-27-18)15-7-9-16(21)10-8-15/h7-11H,4-6H2,1-3H3,(H,23,26). The number of benzene rings is 1. The van der Waals surface area contributed by atoms with Gasteiger partial charge in [-0.05, 0) is 63.1 Å². The maximum Gasteiger partial charge on any atom is 0.226 e. The second-order valence-electron chi connectivity index (χ2n) is 6.46. The number of anilines is 1. The number of hydrogen-bond acceptors (Lipinski definition) is 5. The molecule has 0 aliphatic heterocycles. The fourth-order valence-corrected chi connectivity index (χ4v) is 3.01. The molecule has 0 atom stereocenters. The number of amides is 1. The minimum Gasteiger partial charge on any atom is -0.339 e. The normalized spacial score (nSPS) is 10.8. The second-order valence-corrected chi connectivity index (χ2v) is 6.90. The van der Waals surface area contributed by atoms with Gasteiger partial charge in [0.25, 0.3) is 0 Å². The minimum absolute atomic E-state index is 0.0516. The molecule has 1 aromatic carbocycles. The molecule has 0 spiro atoms. The lowest BCUT2D eigenvalue weighted by molar-refractivity contribution is -0.116. The lowest BCUT2D eigenvalue weighted by atomic mass is 10.1. The van der Waals surface area contributed by atoms with Crippen molar-refractivity contribution in [1.29, 1.82) is 0 Å². The SMILES string of the molecule is Cc1cc(C)c(NC(=O)CCCc2nc(-c3ccc(Cl)cc3)no2)c(C)n1. The lowest BCUT2D eigenvalue weighted by Crippen LogP contribution is -2.14. The van der Waals surface area contributed by atoms with Crippen LogP contribution in [0.5, 0.6) is 0 Å². The molecule has 0 saturated heterocycles. The van der Waals surface area contributed by atoms with Crippen molar-refractivity contribution in [3.63, 3.8) is 0 Å². The van der Waals surface area contributed by atoms with Crippen molar-refractivity contribution >= 4 is 23.2 Å². The van der Waals surface area contributed by atoms with Crippen molar-refractivity contribution in [2.45, 2.75) is 40.0 Å². The molecule has 0 radical (unpaired) electrons. The van der Waals surface area contributed by atoms with Crippen LogP contribution < -0.4 is 5.32 Å². The topological polar surface area (TPSA) is 80.9 Å². The maximum absolute atomic E-state index is 12.2. The molecular formula is C20H21ClN4O2. The van der Waals surface area contributed by atoms with Gasteiger partial charge in [-0.3, -0.25) is 9.78 Å². The van der Waals surface area contributed by atoms with E-state index in [4.69, 9.17) is 16.1 Å². The van der Waals surface area contributed by atoms with E-state index in [9.17, 15) is 4.79 Å². The van der Waals surface area contributed by atoms with E-state index >= 15 is 0 Å². The van der Waals surface area contributed by atoms with Gasteiger partial charge in [0.05, 0.1) is 11.4 Å². The Kier molecular flexibility index (Phi) is 5.86. The molecule has 0 bridgehead atoms. The highest BCUT2D eigenvalue weighted by Crippen LogP contribution is 2.21. The third-order valence-electron chi connectivity index (χ3n) is 4.16. The number of aryl methyl sites for hydroxylation is 4. The van der Waals surface area contributed by atoms with Crippen LogP contribution in [0, 0.1) is 20.8 Å². The molecule has 140 valence electrons. The summed E-state index contributed by atoms with van der Waals surface area (Å²) >= 11 is 5.88. The molecule has 2 heterocycles. The van der Waals surface area contributed by atoms with Crippen molar-refractivity contribution in [2.24, 2.45) is 0 Å². The van der Waals surface area contributed by atoms with Crippen LogP contribution in [0.4, 0.5) is 5.69 Å². The van der Waals surface area contributed by atoms with Crippen LogP contribution in [0.1, 0.15) is 35.7 Å². The van der Waals surface area contributed by atoms with Crippen molar-refractivity contribution in [3.8, 4) is 11.4 Å². The zero-order valence-corrected chi connectivity index (χ0v) is 16.3. The van der Waals surface area contributed by atoms with E-state index in [0.29, 0.717) is 36.0 Å². The number of halogens is 1. The molecule has 0 saturated carbocycles. The van der Waals surface area contributed by atoms with Crippen molar-refractivity contribution in [3.05, 3.63) is 58.2 Å². The van der Waals surface area contributed by atoms with Crippen LogP contribution in [-0.4, -0.2) is 21.0 Å². The van der Waals surface area contributed by atoms with Crippen LogP contribution in [0.25, 0.3) is 11.4 Å². The number of nitrogens with zero attached hydrogens (tertiary/aromatic N) is 3. The summed E-state index contributed by atoms with van der Waals surface area (Å²) in [6, 6.07) is 9.19. The smallest absolute Gasteiger partial charge is 0.226 e. The maximum atomic E-state index is 12.2. The molecule has 0 unspecified atom stereocenters. The second kappa shape index (κ2) is 8.31. The van der Waals surface area contributed by atoms with Gasteiger partial charge in [0.15, 0.2) is 0 Å². The Morgan fingerprint density at radius 2 is 1.89 bits per heavy atom. The van der Waals surface area contributed by atoms with Crippen LogP contribution >= 0.6 is 11.6 Å². The number of hydrogen-bond donors (Lipinski definition) is 1. The van der Waals surface area contributed by atoms with Gasteiger partial charge in [0.1, 0.15) is 0 Å². The minimum atomic E-state index is -0.0516. The van der Waals surface area contributed by atoms with Gasteiger partial charge in [-0.1, -0.05) is 16.8 Å². The first-order valence-electron chi connectivity index (χ1n) is 8.75. The third kappa shape index (κ3) is 4.92. The van der Waals surface area contributed by atoms with Crippen molar-refractivity contribution < 1.29 is 9.32 Å². The summed E-state index contributed by atoms with van der Waals surface area (Å²) in [6.07, 6.45) is 1.52. The molecule has 27 heavy (non-hydrogen) atoms. The lowest BCUT2D eigenvalue weighted by Gasteiger charge is -2.11.